The molecule has 6 nitrogen and oxygen atoms in total. The van der Waals surface area contributed by atoms with Gasteiger partial charge >= 0.3 is 5.97 Å². The fourth-order valence-electron chi connectivity index (χ4n) is 1.64. The largest absolute Gasteiger partial charge is 0.479 e. The molecular weight excluding hydrogens is 268 g/mol. The van der Waals surface area contributed by atoms with Gasteiger partial charge in [-0.2, -0.15) is 0 Å². The average Bonchev–Trinajstić information content (AvgIpc) is 2.20. The van der Waals surface area contributed by atoms with Gasteiger partial charge in [-0.1, -0.05) is 20.8 Å². The Hall–Kier alpha value is -0.763. The van der Waals surface area contributed by atoms with Crippen molar-refractivity contribution in [3.05, 3.63) is 0 Å². The van der Waals surface area contributed by atoms with Crippen LogP contribution >= 0.6 is 0 Å². The van der Waals surface area contributed by atoms with E-state index in [1.54, 1.807) is 33.9 Å². The number of aliphatic hydroxyl groups is 1. The van der Waals surface area contributed by atoms with Crippen molar-refractivity contribution < 1.29 is 29.3 Å². The fourth-order valence-corrected chi connectivity index (χ4v) is 1.99. The van der Waals surface area contributed by atoms with E-state index in [1.165, 1.54) is 6.92 Å². The van der Waals surface area contributed by atoms with E-state index in [2.05, 4.69) is 0 Å². The van der Waals surface area contributed by atoms with Crippen LogP contribution in [-0.4, -0.2) is 42.7 Å². The average molecular weight is 292 g/mol. The van der Waals surface area contributed by atoms with Crippen LogP contribution in [0.3, 0.4) is 0 Å². The second-order valence-corrected chi connectivity index (χ2v) is 8.43. The van der Waals surface area contributed by atoms with Crippen LogP contribution in [0.25, 0.3) is 0 Å². The number of carboxylic acids is 1. The molecule has 0 saturated carbocycles. The van der Waals surface area contributed by atoms with Crippen molar-refractivity contribution in [3.63, 3.8) is 0 Å². The van der Waals surface area contributed by atoms with Gasteiger partial charge in [-0.25, -0.2) is 9.68 Å². The highest BCUT2D eigenvalue weighted by Crippen LogP contribution is 2.32. The van der Waals surface area contributed by atoms with Crippen molar-refractivity contribution in [1.29, 1.82) is 0 Å². The number of carboxylic acid groups (broad SMARTS) is 1. The summed E-state index contributed by atoms with van der Waals surface area (Å²) < 4.78 is 5.01. The van der Waals surface area contributed by atoms with Crippen LogP contribution in [0, 0.1) is 5.41 Å². The topological polar surface area (TPSA) is 93.1 Å². The Morgan fingerprint density at radius 3 is 2.00 bits per heavy atom. The normalized spacial score (nSPS) is 17.1. The smallest absolute Gasteiger partial charge is 0.347 e. The van der Waals surface area contributed by atoms with Crippen molar-refractivity contribution in [2.24, 2.45) is 5.41 Å². The maximum Gasteiger partial charge on any atom is 0.347 e. The number of aliphatic hydroxyl groups excluding tert-OH is 1. The van der Waals surface area contributed by atoms with Crippen molar-refractivity contribution in [1.82, 2.24) is 0 Å². The molecule has 0 rings (SSSR count). The van der Waals surface area contributed by atoms with Crippen LogP contribution in [0.2, 0.25) is 13.1 Å². The highest BCUT2D eigenvalue weighted by Gasteiger charge is 2.52. The molecule has 19 heavy (non-hydrogen) atoms. The number of ketones is 1. The number of rotatable bonds is 7. The summed E-state index contributed by atoms with van der Waals surface area (Å²) >= 11 is 0. The minimum Gasteiger partial charge on any atom is -0.479 e. The molecule has 0 heterocycles. The van der Waals surface area contributed by atoms with E-state index in [1.807, 2.05) is 0 Å². The zero-order valence-corrected chi connectivity index (χ0v) is 13.5. The van der Waals surface area contributed by atoms with E-state index in [0.29, 0.717) is 0 Å². The molecule has 0 aliphatic heterocycles. The summed E-state index contributed by atoms with van der Waals surface area (Å²) in [5.74, 6) is -2.34. The highest BCUT2D eigenvalue weighted by atomic mass is 28.3. The molecule has 0 saturated heterocycles. The van der Waals surface area contributed by atoms with E-state index >= 15 is 0 Å². The van der Waals surface area contributed by atoms with Crippen LogP contribution in [0.1, 0.15) is 34.1 Å². The molecule has 0 fully saturated rings. The van der Waals surface area contributed by atoms with Crippen LogP contribution in [-0.2, 0) is 19.1 Å². The van der Waals surface area contributed by atoms with Crippen LogP contribution in [0.15, 0.2) is 0 Å². The number of hydrogen-bond acceptors (Lipinski definition) is 5. The van der Waals surface area contributed by atoms with Crippen molar-refractivity contribution >= 4 is 20.8 Å². The maximum absolute atomic E-state index is 12.1. The third-order valence-electron chi connectivity index (χ3n) is 2.29. The summed E-state index contributed by atoms with van der Waals surface area (Å²) in [6, 6.07) is 0. The van der Waals surface area contributed by atoms with Gasteiger partial charge in [0.2, 0.25) is 14.8 Å². The standard InChI is InChI=1S/C12H24O6Si/c1-8(13)9(14)12(10(15)16,7-11(2,3)4)17-18-19(5)6/h8,13,19H,7H2,1-6H3,(H,15,16). The number of Topliss-reactive ketones (excluding diaryl/α,β-unsaturated/α-hetero) is 1. The minimum atomic E-state index is -2.16. The van der Waals surface area contributed by atoms with Crippen LogP contribution in [0.4, 0.5) is 0 Å². The predicted octanol–water partition coefficient (Wildman–Crippen LogP) is 1.13. The number of hydrogen-bond donors (Lipinski definition) is 2. The first-order valence-corrected chi connectivity index (χ1v) is 9.01. The lowest BCUT2D eigenvalue weighted by Crippen LogP contribution is -2.55. The first kappa shape index (κ1) is 18.2. The molecule has 0 amide bonds. The van der Waals surface area contributed by atoms with Gasteiger partial charge in [-0.05, 0) is 25.4 Å². The molecule has 0 aliphatic rings. The Morgan fingerprint density at radius 1 is 1.26 bits per heavy atom. The molecular formula is C12H24O6Si. The molecule has 2 unspecified atom stereocenters. The lowest BCUT2D eigenvalue weighted by Gasteiger charge is -2.33. The summed E-state index contributed by atoms with van der Waals surface area (Å²) in [7, 11) is -1.67. The van der Waals surface area contributed by atoms with Crippen molar-refractivity contribution in [2.45, 2.75) is 58.9 Å². The summed E-state index contributed by atoms with van der Waals surface area (Å²) in [6.45, 7) is 10.2. The Labute approximate surface area is 115 Å². The Kier molecular flexibility index (Phi) is 6.34. The zero-order valence-electron chi connectivity index (χ0n) is 12.4. The molecule has 2 atom stereocenters. The summed E-state index contributed by atoms with van der Waals surface area (Å²) in [5, 5.41) is 18.8. The molecule has 0 aromatic heterocycles. The number of carbonyl (C=O) groups is 2. The molecule has 2 N–H and O–H groups in total. The van der Waals surface area contributed by atoms with E-state index in [9.17, 15) is 19.8 Å². The van der Waals surface area contributed by atoms with E-state index in [-0.39, 0.29) is 6.42 Å². The fraction of sp³-hybridized carbons (Fsp3) is 0.833. The monoisotopic (exact) mass is 292 g/mol. The van der Waals surface area contributed by atoms with Crippen molar-refractivity contribution in [2.75, 3.05) is 0 Å². The van der Waals surface area contributed by atoms with Gasteiger partial charge in [0, 0.05) is 6.42 Å². The van der Waals surface area contributed by atoms with E-state index in [0.717, 1.165) is 0 Å². The van der Waals surface area contributed by atoms with Gasteiger partial charge in [-0.15, -0.1) is 0 Å². The van der Waals surface area contributed by atoms with E-state index < -0.39 is 37.9 Å². The zero-order chi connectivity index (χ0) is 15.4. The van der Waals surface area contributed by atoms with Crippen LogP contribution < -0.4 is 0 Å². The second-order valence-electron chi connectivity index (χ2n) is 6.14. The molecule has 0 aromatic rings. The Morgan fingerprint density at radius 2 is 1.74 bits per heavy atom. The number of aliphatic carboxylic acids is 1. The predicted molar refractivity (Wildman–Crippen MR) is 72.2 cm³/mol. The van der Waals surface area contributed by atoms with Gasteiger partial charge in [0.05, 0.1) is 0 Å². The highest BCUT2D eigenvalue weighted by molar-refractivity contribution is 6.48. The van der Waals surface area contributed by atoms with Crippen LogP contribution in [0.5, 0.6) is 0 Å². The lowest BCUT2D eigenvalue weighted by atomic mass is 9.78. The Balaban J connectivity index is 5.48. The quantitative estimate of drug-likeness (QED) is 0.316. The van der Waals surface area contributed by atoms with E-state index in [4.69, 9.17) is 9.46 Å². The molecule has 0 bridgehead atoms. The van der Waals surface area contributed by atoms with Gasteiger partial charge in [0.25, 0.3) is 5.60 Å². The summed E-state index contributed by atoms with van der Waals surface area (Å²) in [6.07, 6.45) is -1.52. The van der Waals surface area contributed by atoms with Gasteiger partial charge in [-0.3, -0.25) is 9.37 Å². The third-order valence-corrected chi connectivity index (χ3v) is 2.77. The second kappa shape index (κ2) is 6.60. The van der Waals surface area contributed by atoms with Gasteiger partial charge < -0.3 is 10.2 Å². The molecule has 0 spiro atoms. The summed E-state index contributed by atoms with van der Waals surface area (Å²) in [5.41, 5.74) is -2.64. The number of carbonyl (C=O) groups excluding carboxylic acids is 1. The molecule has 0 aromatic carbocycles. The molecule has 0 aliphatic carbocycles. The molecule has 0 radical (unpaired) electrons. The third kappa shape index (κ3) is 5.39. The molecule has 7 heteroatoms. The van der Waals surface area contributed by atoms with Gasteiger partial charge in [0.15, 0.2) is 0 Å². The summed E-state index contributed by atoms with van der Waals surface area (Å²) in [4.78, 5) is 28.6. The Bertz CT molecular complexity index is 334. The first-order chi connectivity index (χ1) is 8.42. The minimum absolute atomic E-state index is 0.0831. The first-order valence-electron chi connectivity index (χ1n) is 6.22. The molecule has 112 valence electrons. The van der Waals surface area contributed by atoms with Crippen molar-refractivity contribution in [3.8, 4) is 0 Å². The SMILES string of the molecule is CC(O)C(=O)C(CC(C)(C)C)(OO[SiH](C)C)C(=O)O. The lowest BCUT2D eigenvalue weighted by molar-refractivity contribution is -0.291. The maximum atomic E-state index is 12.1. The van der Waals surface area contributed by atoms with Gasteiger partial charge in [0.1, 0.15) is 6.10 Å².